The first-order chi connectivity index (χ1) is 13.4. The average molecular weight is 400 g/mol. The van der Waals surface area contributed by atoms with Crippen LogP contribution < -0.4 is 5.32 Å². The van der Waals surface area contributed by atoms with Crippen LogP contribution in [0.15, 0.2) is 47.1 Å². The maximum absolute atomic E-state index is 13.1. The van der Waals surface area contributed by atoms with Gasteiger partial charge in [-0.3, -0.25) is 4.79 Å². The number of furan rings is 1. The van der Waals surface area contributed by atoms with E-state index in [4.69, 9.17) is 21.1 Å². The van der Waals surface area contributed by atoms with E-state index in [2.05, 4.69) is 33.0 Å². The standard InChI is InChI=1S/C22H26ClN3O2/c1-14(2)12-19-20(22(27)24-13-18-6-5-11-28-18)21(15(3)4)26(25-19)17-9-7-16(23)8-10-17/h5-11,14-15H,12-13H2,1-4H3,(H,24,27). The SMILES string of the molecule is CC(C)Cc1nn(-c2ccc(Cl)cc2)c(C(C)C)c1C(=O)NCc1ccco1. The van der Waals surface area contributed by atoms with E-state index in [1.807, 2.05) is 41.1 Å². The molecule has 148 valence electrons. The fraction of sp³-hybridized carbons (Fsp3) is 0.364. The molecule has 0 atom stereocenters. The monoisotopic (exact) mass is 399 g/mol. The second-order valence-corrected chi connectivity index (χ2v) is 8.05. The van der Waals surface area contributed by atoms with Crippen molar-refractivity contribution in [2.45, 2.75) is 46.6 Å². The summed E-state index contributed by atoms with van der Waals surface area (Å²) in [5, 5.41) is 8.47. The highest BCUT2D eigenvalue weighted by molar-refractivity contribution is 6.30. The van der Waals surface area contributed by atoms with Crippen molar-refractivity contribution >= 4 is 17.5 Å². The summed E-state index contributed by atoms with van der Waals surface area (Å²) in [5.41, 5.74) is 3.26. The van der Waals surface area contributed by atoms with E-state index in [1.165, 1.54) is 0 Å². The highest BCUT2D eigenvalue weighted by Gasteiger charge is 2.26. The Kier molecular flexibility index (Phi) is 6.25. The van der Waals surface area contributed by atoms with Crippen LogP contribution in [0.1, 0.15) is 61.1 Å². The molecule has 0 bridgehead atoms. The van der Waals surface area contributed by atoms with Crippen molar-refractivity contribution < 1.29 is 9.21 Å². The van der Waals surface area contributed by atoms with Gasteiger partial charge in [0.05, 0.1) is 35.4 Å². The van der Waals surface area contributed by atoms with Crippen LogP contribution in [0.2, 0.25) is 5.02 Å². The molecular formula is C22H26ClN3O2. The number of hydrogen-bond acceptors (Lipinski definition) is 3. The van der Waals surface area contributed by atoms with Crippen LogP contribution in [-0.2, 0) is 13.0 Å². The molecule has 0 saturated heterocycles. The fourth-order valence-electron chi connectivity index (χ4n) is 3.24. The zero-order valence-electron chi connectivity index (χ0n) is 16.7. The first kappa shape index (κ1) is 20.2. The molecule has 0 fully saturated rings. The lowest BCUT2D eigenvalue weighted by Gasteiger charge is -2.13. The summed E-state index contributed by atoms with van der Waals surface area (Å²) >= 11 is 6.04. The van der Waals surface area contributed by atoms with Gasteiger partial charge in [-0.05, 0) is 54.7 Å². The van der Waals surface area contributed by atoms with Crippen molar-refractivity contribution in [2.24, 2.45) is 5.92 Å². The van der Waals surface area contributed by atoms with E-state index >= 15 is 0 Å². The summed E-state index contributed by atoms with van der Waals surface area (Å²) in [4.78, 5) is 13.1. The number of carbonyl (C=O) groups excluding carboxylic acids is 1. The fourth-order valence-corrected chi connectivity index (χ4v) is 3.36. The number of benzene rings is 1. The van der Waals surface area contributed by atoms with Crippen LogP contribution >= 0.6 is 11.6 Å². The minimum atomic E-state index is -0.129. The average Bonchev–Trinajstić information content (AvgIpc) is 3.27. The molecule has 0 radical (unpaired) electrons. The van der Waals surface area contributed by atoms with Crippen LogP contribution in [0, 0.1) is 5.92 Å². The molecule has 0 spiro atoms. The molecule has 5 nitrogen and oxygen atoms in total. The smallest absolute Gasteiger partial charge is 0.255 e. The Labute approximate surface area is 170 Å². The largest absolute Gasteiger partial charge is 0.467 e. The van der Waals surface area contributed by atoms with Crippen LogP contribution in [0.3, 0.4) is 0 Å². The predicted octanol–water partition coefficient (Wildman–Crippen LogP) is 5.37. The second kappa shape index (κ2) is 8.65. The first-order valence-corrected chi connectivity index (χ1v) is 9.93. The summed E-state index contributed by atoms with van der Waals surface area (Å²) in [6.07, 6.45) is 2.33. The zero-order chi connectivity index (χ0) is 20.3. The molecule has 3 aromatic rings. The van der Waals surface area contributed by atoms with Crippen LogP contribution in [0.25, 0.3) is 5.69 Å². The van der Waals surface area contributed by atoms with Crippen molar-refractivity contribution in [3.8, 4) is 5.69 Å². The topological polar surface area (TPSA) is 60.1 Å². The molecule has 28 heavy (non-hydrogen) atoms. The molecule has 1 N–H and O–H groups in total. The molecular weight excluding hydrogens is 374 g/mol. The molecule has 1 aromatic carbocycles. The van der Waals surface area contributed by atoms with Gasteiger partial charge in [0.2, 0.25) is 0 Å². The summed E-state index contributed by atoms with van der Waals surface area (Å²) < 4.78 is 7.21. The highest BCUT2D eigenvalue weighted by atomic mass is 35.5. The minimum Gasteiger partial charge on any atom is -0.467 e. The van der Waals surface area contributed by atoms with Gasteiger partial charge in [-0.2, -0.15) is 5.10 Å². The number of aromatic nitrogens is 2. The van der Waals surface area contributed by atoms with Gasteiger partial charge < -0.3 is 9.73 Å². The van der Waals surface area contributed by atoms with E-state index in [1.54, 1.807) is 6.26 Å². The van der Waals surface area contributed by atoms with Crippen LogP contribution in [0.4, 0.5) is 0 Å². The molecule has 2 heterocycles. The number of nitrogens with one attached hydrogen (secondary N) is 1. The third-order valence-electron chi connectivity index (χ3n) is 4.44. The van der Waals surface area contributed by atoms with Gasteiger partial charge in [0.25, 0.3) is 5.91 Å². The third-order valence-corrected chi connectivity index (χ3v) is 4.70. The van der Waals surface area contributed by atoms with E-state index in [-0.39, 0.29) is 11.8 Å². The third kappa shape index (κ3) is 4.47. The van der Waals surface area contributed by atoms with Gasteiger partial charge in [0.1, 0.15) is 5.76 Å². The molecule has 0 aliphatic rings. The molecule has 0 saturated carbocycles. The number of carbonyl (C=O) groups is 1. The molecule has 2 aromatic heterocycles. The maximum atomic E-state index is 13.1. The van der Waals surface area contributed by atoms with Crippen molar-refractivity contribution in [1.29, 1.82) is 0 Å². The lowest BCUT2D eigenvalue weighted by Crippen LogP contribution is -2.25. The van der Waals surface area contributed by atoms with Crippen molar-refractivity contribution in [1.82, 2.24) is 15.1 Å². The van der Waals surface area contributed by atoms with E-state index in [0.29, 0.717) is 23.0 Å². The highest BCUT2D eigenvalue weighted by Crippen LogP contribution is 2.28. The maximum Gasteiger partial charge on any atom is 0.255 e. The van der Waals surface area contributed by atoms with Gasteiger partial charge in [0, 0.05) is 5.02 Å². The zero-order valence-corrected chi connectivity index (χ0v) is 17.5. The Morgan fingerprint density at radius 1 is 1.18 bits per heavy atom. The van der Waals surface area contributed by atoms with Crippen molar-refractivity contribution in [3.63, 3.8) is 0 Å². The Hall–Kier alpha value is -2.53. The Balaban J connectivity index is 2.04. The Morgan fingerprint density at radius 3 is 2.46 bits per heavy atom. The number of hydrogen-bond donors (Lipinski definition) is 1. The molecule has 0 aliphatic heterocycles. The van der Waals surface area contributed by atoms with Gasteiger partial charge >= 0.3 is 0 Å². The summed E-state index contributed by atoms with van der Waals surface area (Å²) in [6, 6.07) is 11.2. The number of rotatable bonds is 7. The number of amides is 1. The molecule has 0 aliphatic carbocycles. The van der Waals surface area contributed by atoms with Gasteiger partial charge in [-0.1, -0.05) is 39.3 Å². The van der Waals surface area contributed by atoms with Crippen LogP contribution in [0.5, 0.6) is 0 Å². The number of nitrogens with zero attached hydrogens (tertiary/aromatic N) is 2. The van der Waals surface area contributed by atoms with Crippen molar-refractivity contribution in [2.75, 3.05) is 0 Å². The molecule has 0 unspecified atom stereocenters. The molecule has 1 amide bonds. The molecule has 3 rings (SSSR count). The van der Waals surface area contributed by atoms with Crippen molar-refractivity contribution in [3.05, 3.63) is 70.4 Å². The predicted molar refractivity (Wildman–Crippen MR) is 111 cm³/mol. The minimum absolute atomic E-state index is 0.119. The summed E-state index contributed by atoms with van der Waals surface area (Å²) in [5.74, 6) is 1.09. The normalized spacial score (nSPS) is 11.4. The first-order valence-electron chi connectivity index (χ1n) is 9.55. The lowest BCUT2D eigenvalue weighted by atomic mass is 9.98. The van der Waals surface area contributed by atoms with Gasteiger partial charge in [-0.15, -0.1) is 0 Å². The Morgan fingerprint density at radius 2 is 1.89 bits per heavy atom. The van der Waals surface area contributed by atoms with E-state index in [0.717, 1.165) is 29.3 Å². The Bertz CT molecular complexity index is 926. The van der Waals surface area contributed by atoms with Gasteiger partial charge in [-0.25, -0.2) is 4.68 Å². The second-order valence-electron chi connectivity index (χ2n) is 7.61. The van der Waals surface area contributed by atoms with E-state index in [9.17, 15) is 4.79 Å². The number of halogens is 1. The van der Waals surface area contributed by atoms with Gasteiger partial charge in [0.15, 0.2) is 0 Å². The van der Waals surface area contributed by atoms with Crippen LogP contribution in [-0.4, -0.2) is 15.7 Å². The summed E-state index contributed by atoms with van der Waals surface area (Å²) in [6.45, 7) is 8.75. The summed E-state index contributed by atoms with van der Waals surface area (Å²) in [7, 11) is 0. The van der Waals surface area contributed by atoms with E-state index < -0.39 is 0 Å². The molecule has 6 heteroatoms. The lowest BCUT2D eigenvalue weighted by molar-refractivity contribution is 0.0945. The quantitative estimate of drug-likeness (QED) is 0.580.